The summed E-state index contributed by atoms with van der Waals surface area (Å²) >= 11 is 0. The fourth-order valence-electron chi connectivity index (χ4n) is 1.02. The highest BCUT2D eigenvalue weighted by molar-refractivity contribution is 5.89. The van der Waals surface area contributed by atoms with Gasteiger partial charge in [-0.05, 0) is 18.2 Å². The standard InChI is InChI=1S/C14H12O4/c1-17-13(15)8-5-11-18-14(16)10-9-12-6-3-2-4-7-12/h2-8H,11H2,1H3/b8-5+. The van der Waals surface area contributed by atoms with Gasteiger partial charge in [0.05, 0.1) is 7.11 Å². The number of carbonyl (C=O) groups excluding carboxylic acids is 2. The topological polar surface area (TPSA) is 52.6 Å². The Labute approximate surface area is 105 Å². The van der Waals surface area contributed by atoms with Crippen LogP contribution in [-0.2, 0) is 19.1 Å². The van der Waals surface area contributed by atoms with Gasteiger partial charge in [-0.1, -0.05) is 24.1 Å². The number of methoxy groups -OCH3 is 1. The van der Waals surface area contributed by atoms with Crippen LogP contribution in [0.3, 0.4) is 0 Å². The van der Waals surface area contributed by atoms with E-state index in [0.29, 0.717) is 0 Å². The minimum Gasteiger partial charge on any atom is -0.466 e. The predicted octanol–water partition coefficient (Wildman–Crippen LogP) is 1.31. The van der Waals surface area contributed by atoms with Crippen molar-refractivity contribution >= 4 is 11.9 Å². The molecule has 1 aromatic carbocycles. The first-order valence-corrected chi connectivity index (χ1v) is 5.20. The third-order valence-corrected chi connectivity index (χ3v) is 1.85. The maximum atomic E-state index is 11.2. The molecule has 0 spiro atoms. The Morgan fingerprint density at radius 2 is 2.00 bits per heavy atom. The summed E-state index contributed by atoms with van der Waals surface area (Å²) in [7, 11) is 1.27. The minimum absolute atomic E-state index is 0.0165. The van der Waals surface area contributed by atoms with Gasteiger partial charge >= 0.3 is 11.9 Å². The van der Waals surface area contributed by atoms with Crippen LogP contribution in [0.25, 0.3) is 0 Å². The number of carbonyl (C=O) groups is 2. The van der Waals surface area contributed by atoms with Gasteiger partial charge in [-0.3, -0.25) is 0 Å². The Balaban J connectivity index is 2.37. The highest BCUT2D eigenvalue weighted by Gasteiger charge is 1.95. The van der Waals surface area contributed by atoms with E-state index in [0.717, 1.165) is 5.56 Å². The zero-order chi connectivity index (χ0) is 13.2. The normalized spacial score (nSPS) is 9.39. The molecule has 0 saturated carbocycles. The summed E-state index contributed by atoms with van der Waals surface area (Å²) in [6.45, 7) is -0.0165. The van der Waals surface area contributed by atoms with Crippen molar-refractivity contribution in [2.75, 3.05) is 13.7 Å². The van der Waals surface area contributed by atoms with Crippen LogP contribution < -0.4 is 0 Å². The van der Waals surface area contributed by atoms with Gasteiger partial charge < -0.3 is 9.47 Å². The molecule has 0 N–H and O–H groups in total. The molecule has 0 amide bonds. The summed E-state index contributed by atoms with van der Waals surface area (Å²) in [5.74, 6) is 3.86. The third-order valence-electron chi connectivity index (χ3n) is 1.85. The van der Waals surface area contributed by atoms with Crippen LogP contribution >= 0.6 is 0 Å². The van der Waals surface area contributed by atoms with Gasteiger partial charge in [-0.25, -0.2) is 9.59 Å². The number of hydrogen-bond acceptors (Lipinski definition) is 4. The Hall–Kier alpha value is -2.54. The van der Waals surface area contributed by atoms with Crippen molar-refractivity contribution < 1.29 is 19.1 Å². The SMILES string of the molecule is COC(=O)/C=C/COC(=O)C#Cc1ccccc1. The maximum Gasteiger partial charge on any atom is 0.385 e. The second kappa shape index (κ2) is 7.69. The molecule has 4 heteroatoms. The van der Waals surface area contributed by atoms with E-state index in [1.807, 2.05) is 18.2 Å². The average Bonchev–Trinajstić information content (AvgIpc) is 2.42. The molecule has 0 aliphatic carbocycles. The molecule has 92 valence electrons. The Kier molecular flexibility index (Phi) is 5.78. The molecule has 0 unspecified atom stereocenters. The first-order valence-electron chi connectivity index (χ1n) is 5.20. The van der Waals surface area contributed by atoms with E-state index < -0.39 is 11.9 Å². The summed E-state index contributed by atoms with van der Waals surface area (Å²) in [6.07, 6.45) is 2.56. The molecule has 0 aliphatic heterocycles. The number of hydrogen-bond donors (Lipinski definition) is 0. The third kappa shape index (κ3) is 5.52. The zero-order valence-corrected chi connectivity index (χ0v) is 9.88. The largest absolute Gasteiger partial charge is 0.466 e. The number of ether oxygens (including phenoxy) is 2. The van der Waals surface area contributed by atoms with E-state index in [1.54, 1.807) is 12.1 Å². The quantitative estimate of drug-likeness (QED) is 0.457. The van der Waals surface area contributed by atoms with E-state index in [2.05, 4.69) is 16.6 Å². The molecule has 1 rings (SSSR count). The van der Waals surface area contributed by atoms with Crippen LogP contribution in [0.2, 0.25) is 0 Å². The minimum atomic E-state index is -0.645. The van der Waals surface area contributed by atoms with Crippen LogP contribution in [0.5, 0.6) is 0 Å². The van der Waals surface area contributed by atoms with E-state index in [9.17, 15) is 9.59 Å². The maximum absolute atomic E-state index is 11.2. The molecular formula is C14H12O4. The molecule has 0 saturated heterocycles. The van der Waals surface area contributed by atoms with Crippen molar-refractivity contribution in [1.29, 1.82) is 0 Å². The predicted molar refractivity (Wildman–Crippen MR) is 65.4 cm³/mol. The van der Waals surface area contributed by atoms with Crippen molar-refractivity contribution in [3.63, 3.8) is 0 Å². The van der Waals surface area contributed by atoms with Gasteiger partial charge in [0, 0.05) is 17.6 Å². The van der Waals surface area contributed by atoms with Gasteiger partial charge in [0.25, 0.3) is 0 Å². The Morgan fingerprint density at radius 1 is 1.28 bits per heavy atom. The van der Waals surface area contributed by atoms with E-state index in [-0.39, 0.29) is 6.61 Å². The van der Waals surface area contributed by atoms with Crippen LogP contribution in [-0.4, -0.2) is 25.7 Å². The van der Waals surface area contributed by atoms with Crippen molar-refractivity contribution in [3.05, 3.63) is 48.0 Å². The number of benzene rings is 1. The van der Waals surface area contributed by atoms with E-state index in [4.69, 9.17) is 4.74 Å². The summed E-state index contributed by atoms with van der Waals surface area (Å²) in [4.78, 5) is 21.9. The first kappa shape index (κ1) is 13.5. The van der Waals surface area contributed by atoms with Crippen molar-refractivity contribution in [2.24, 2.45) is 0 Å². The molecule has 4 nitrogen and oxygen atoms in total. The fraction of sp³-hybridized carbons (Fsp3) is 0.143. The lowest BCUT2D eigenvalue weighted by molar-refractivity contribution is -0.136. The number of esters is 2. The molecular weight excluding hydrogens is 232 g/mol. The molecule has 0 aromatic heterocycles. The second-order valence-electron chi connectivity index (χ2n) is 3.14. The Morgan fingerprint density at radius 3 is 2.67 bits per heavy atom. The van der Waals surface area contributed by atoms with Crippen LogP contribution in [0.15, 0.2) is 42.5 Å². The summed E-state index contributed by atoms with van der Waals surface area (Å²) < 4.78 is 9.12. The zero-order valence-electron chi connectivity index (χ0n) is 9.88. The van der Waals surface area contributed by atoms with Gasteiger partial charge in [0.1, 0.15) is 6.61 Å². The molecule has 0 heterocycles. The molecule has 18 heavy (non-hydrogen) atoms. The molecule has 0 radical (unpaired) electrons. The lowest BCUT2D eigenvalue weighted by Crippen LogP contribution is -2.02. The molecule has 0 atom stereocenters. The Bertz CT molecular complexity index is 492. The lowest BCUT2D eigenvalue weighted by Gasteiger charge is -1.94. The smallest absolute Gasteiger partial charge is 0.385 e. The molecule has 0 fully saturated rings. The monoisotopic (exact) mass is 244 g/mol. The summed E-state index contributed by atoms with van der Waals surface area (Å²) in [5, 5.41) is 0. The number of rotatable bonds is 3. The van der Waals surface area contributed by atoms with Crippen LogP contribution in [0.4, 0.5) is 0 Å². The summed E-state index contributed by atoms with van der Waals surface area (Å²) in [5.41, 5.74) is 0.736. The average molecular weight is 244 g/mol. The van der Waals surface area contributed by atoms with E-state index >= 15 is 0 Å². The van der Waals surface area contributed by atoms with Crippen LogP contribution in [0, 0.1) is 11.8 Å². The van der Waals surface area contributed by atoms with Crippen molar-refractivity contribution in [2.45, 2.75) is 0 Å². The lowest BCUT2D eigenvalue weighted by atomic mass is 10.2. The highest BCUT2D eigenvalue weighted by atomic mass is 16.5. The molecule has 0 aliphatic rings. The second-order valence-corrected chi connectivity index (χ2v) is 3.14. The fourth-order valence-corrected chi connectivity index (χ4v) is 1.02. The van der Waals surface area contributed by atoms with Crippen molar-refractivity contribution in [3.8, 4) is 11.8 Å². The van der Waals surface area contributed by atoms with Crippen molar-refractivity contribution in [1.82, 2.24) is 0 Å². The first-order chi connectivity index (χ1) is 8.72. The summed E-state index contributed by atoms with van der Waals surface area (Å²) in [6, 6.07) is 9.10. The van der Waals surface area contributed by atoms with Gasteiger partial charge in [0.2, 0.25) is 0 Å². The van der Waals surface area contributed by atoms with Gasteiger partial charge in [-0.2, -0.15) is 0 Å². The molecule has 0 bridgehead atoms. The van der Waals surface area contributed by atoms with Gasteiger partial charge in [0.15, 0.2) is 0 Å². The van der Waals surface area contributed by atoms with Gasteiger partial charge in [-0.15, -0.1) is 0 Å². The highest BCUT2D eigenvalue weighted by Crippen LogP contribution is 1.94. The molecule has 1 aromatic rings. The van der Waals surface area contributed by atoms with E-state index in [1.165, 1.54) is 19.3 Å². The van der Waals surface area contributed by atoms with Crippen LogP contribution in [0.1, 0.15) is 5.56 Å².